The molecule has 10 heteroatoms. The van der Waals surface area contributed by atoms with Gasteiger partial charge in [-0.15, -0.1) is 5.10 Å². The third-order valence-electron chi connectivity index (χ3n) is 5.74. The highest BCUT2D eigenvalue weighted by atomic mass is 32.2. The van der Waals surface area contributed by atoms with Crippen molar-refractivity contribution in [3.8, 4) is 0 Å². The molecule has 3 heterocycles. The number of hydrogen-bond acceptors (Lipinski definition) is 6. The second-order valence-corrected chi connectivity index (χ2v) is 8.60. The summed E-state index contributed by atoms with van der Waals surface area (Å²) in [4.78, 5) is 22.1. The number of halogens is 3. The highest BCUT2D eigenvalue weighted by Crippen LogP contribution is 2.42. The van der Waals surface area contributed by atoms with E-state index in [0.29, 0.717) is 23.0 Å². The van der Waals surface area contributed by atoms with Gasteiger partial charge in [-0.2, -0.15) is 17.9 Å². The Morgan fingerprint density at radius 3 is 2.33 bits per heavy atom. The Morgan fingerprint density at radius 1 is 1.13 bits per heavy atom. The van der Waals surface area contributed by atoms with E-state index in [1.54, 1.807) is 0 Å². The summed E-state index contributed by atoms with van der Waals surface area (Å²) >= 11 is 1.36. The molecule has 162 valence electrons. The first kappa shape index (κ1) is 21.3. The average Bonchev–Trinajstić information content (AvgIpc) is 3.28. The number of carbonyl (C=O) groups excluding carboxylic acids is 1. The van der Waals surface area contributed by atoms with Crippen molar-refractivity contribution in [1.82, 2.24) is 24.6 Å². The topological polar surface area (TPSA) is 54.3 Å². The number of rotatable bonds is 5. The Kier molecular flexibility index (Phi) is 5.91. The summed E-state index contributed by atoms with van der Waals surface area (Å²) in [6.07, 6.45) is -3.75. The first-order valence-electron chi connectivity index (χ1n) is 10.1. The molecule has 2 atom stereocenters. The number of likely N-dealkylation sites (N-methyl/N-ethyl adjacent to an activating group) is 1. The monoisotopic (exact) mass is 439 g/mol. The number of aryl methyl sites for hydroxylation is 1. The first-order valence-corrected chi connectivity index (χ1v) is 11.0. The zero-order valence-electron chi connectivity index (χ0n) is 16.9. The van der Waals surface area contributed by atoms with Crippen LogP contribution in [0.4, 0.5) is 13.2 Å². The number of thioether (sulfide) groups is 1. The van der Waals surface area contributed by atoms with Crippen LogP contribution in [0.2, 0.25) is 0 Å². The van der Waals surface area contributed by atoms with E-state index in [-0.39, 0.29) is 11.9 Å². The quantitative estimate of drug-likeness (QED) is 0.712. The number of aromatic nitrogens is 3. The molecule has 2 aliphatic heterocycles. The lowest BCUT2D eigenvalue weighted by molar-refractivity contribution is -0.137. The van der Waals surface area contributed by atoms with Crippen LogP contribution in [0, 0.1) is 0 Å². The van der Waals surface area contributed by atoms with E-state index in [9.17, 15) is 18.0 Å². The summed E-state index contributed by atoms with van der Waals surface area (Å²) in [7, 11) is 0. The molecule has 0 amide bonds. The highest BCUT2D eigenvalue weighted by Gasteiger charge is 2.43. The van der Waals surface area contributed by atoms with Gasteiger partial charge in [0.2, 0.25) is 0 Å². The third kappa shape index (κ3) is 4.00. The maximum absolute atomic E-state index is 13.2. The molecule has 4 rings (SSSR count). The normalized spacial score (nSPS) is 21.8. The number of fused-ring (bicyclic) bond motifs is 1. The van der Waals surface area contributed by atoms with Crippen LogP contribution >= 0.6 is 11.8 Å². The molecule has 0 saturated carbocycles. The van der Waals surface area contributed by atoms with Crippen LogP contribution < -0.4 is 0 Å². The maximum Gasteiger partial charge on any atom is 0.416 e. The smallest absolute Gasteiger partial charge is 0.301 e. The van der Waals surface area contributed by atoms with Crippen molar-refractivity contribution in [2.45, 2.75) is 42.9 Å². The van der Waals surface area contributed by atoms with Crippen LogP contribution in [-0.4, -0.2) is 68.4 Å². The van der Waals surface area contributed by atoms with Crippen LogP contribution in [-0.2, 0) is 12.6 Å². The Morgan fingerprint density at radius 2 is 1.80 bits per heavy atom. The standard InChI is InChI=1S/C20H24F3N5OS/c1-3-15-24-19-28(25-15)18(29)17(30-19)16(27-11-9-26(4-2)10-12-27)13-5-7-14(8-6-13)20(21,22)23/h5-8,16-17H,3-4,9-12H2,1-2H3. The lowest BCUT2D eigenvalue weighted by atomic mass is 9.98. The fraction of sp³-hybridized carbons (Fsp3) is 0.550. The van der Waals surface area contributed by atoms with E-state index in [2.05, 4.69) is 26.8 Å². The van der Waals surface area contributed by atoms with Gasteiger partial charge in [0.15, 0.2) is 11.0 Å². The van der Waals surface area contributed by atoms with E-state index in [4.69, 9.17) is 0 Å². The van der Waals surface area contributed by atoms with Crippen LogP contribution in [0.25, 0.3) is 0 Å². The van der Waals surface area contributed by atoms with Gasteiger partial charge < -0.3 is 4.90 Å². The summed E-state index contributed by atoms with van der Waals surface area (Å²) in [6.45, 7) is 8.21. The average molecular weight is 440 g/mol. The molecule has 0 radical (unpaired) electrons. The van der Waals surface area contributed by atoms with Gasteiger partial charge in [0, 0.05) is 32.6 Å². The molecule has 2 unspecified atom stereocenters. The summed E-state index contributed by atoms with van der Waals surface area (Å²) in [5.41, 5.74) is 0.0219. The molecule has 0 bridgehead atoms. The molecule has 0 N–H and O–H groups in total. The van der Waals surface area contributed by atoms with Crippen LogP contribution in [0.15, 0.2) is 29.4 Å². The van der Waals surface area contributed by atoms with Gasteiger partial charge in [0.1, 0.15) is 5.25 Å². The van der Waals surface area contributed by atoms with Crippen molar-refractivity contribution < 1.29 is 18.0 Å². The molecule has 1 aromatic heterocycles. The molecule has 30 heavy (non-hydrogen) atoms. The Hall–Kier alpha value is -1.91. The van der Waals surface area contributed by atoms with Crippen molar-refractivity contribution in [3.05, 3.63) is 41.2 Å². The number of nitrogens with zero attached hydrogens (tertiary/aromatic N) is 5. The van der Waals surface area contributed by atoms with Crippen molar-refractivity contribution in [2.75, 3.05) is 32.7 Å². The molecule has 0 spiro atoms. The second-order valence-electron chi connectivity index (χ2n) is 7.49. The molecular weight excluding hydrogens is 415 g/mol. The molecule has 0 aliphatic carbocycles. The van der Waals surface area contributed by atoms with Gasteiger partial charge in [-0.25, -0.2) is 4.98 Å². The van der Waals surface area contributed by atoms with Crippen molar-refractivity contribution in [2.24, 2.45) is 0 Å². The molecule has 1 fully saturated rings. The molecule has 1 saturated heterocycles. The van der Waals surface area contributed by atoms with Gasteiger partial charge in [-0.3, -0.25) is 9.69 Å². The Balaban J connectivity index is 1.64. The van der Waals surface area contributed by atoms with E-state index in [1.165, 1.54) is 28.6 Å². The molecule has 1 aromatic carbocycles. The molecular formula is C20H24F3N5OS. The van der Waals surface area contributed by atoms with Crippen LogP contribution in [0.3, 0.4) is 0 Å². The minimum Gasteiger partial charge on any atom is -0.301 e. The van der Waals surface area contributed by atoms with Crippen LogP contribution in [0.5, 0.6) is 0 Å². The number of hydrogen-bond donors (Lipinski definition) is 0. The van der Waals surface area contributed by atoms with E-state index < -0.39 is 17.0 Å². The number of alkyl halides is 3. The molecule has 2 aromatic rings. The van der Waals surface area contributed by atoms with Gasteiger partial charge in [0.25, 0.3) is 5.91 Å². The van der Waals surface area contributed by atoms with Crippen molar-refractivity contribution >= 4 is 17.7 Å². The van der Waals surface area contributed by atoms with Crippen molar-refractivity contribution in [3.63, 3.8) is 0 Å². The fourth-order valence-electron chi connectivity index (χ4n) is 4.00. The lowest BCUT2D eigenvalue weighted by Crippen LogP contribution is -2.50. The summed E-state index contributed by atoms with van der Waals surface area (Å²) in [5.74, 6) is 0.456. The Bertz CT molecular complexity index is 906. The third-order valence-corrected chi connectivity index (χ3v) is 6.92. The van der Waals surface area contributed by atoms with Gasteiger partial charge in [-0.1, -0.05) is 37.7 Å². The van der Waals surface area contributed by atoms with Gasteiger partial charge in [0.05, 0.1) is 11.6 Å². The second kappa shape index (κ2) is 8.32. The minimum atomic E-state index is -4.39. The SMILES string of the molecule is CCc1nc2n(n1)C(=O)C(C(c1ccc(C(F)(F)F)cc1)N1CCN(CC)CC1)S2. The molecule has 6 nitrogen and oxygen atoms in total. The van der Waals surface area contributed by atoms with Crippen molar-refractivity contribution in [1.29, 1.82) is 0 Å². The molecule has 2 aliphatic rings. The zero-order chi connectivity index (χ0) is 21.5. The minimum absolute atomic E-state index is 0.162. The van der Waals surface area contributed by atoms with Gasteiger partial charge in [-0.05, 0) is 24.2 Å². The largest absolute Gasteiger partial charge is 0.416 e. The number of benzene rings is 1. The fourth-order valence-corrected chi connectivity index (χ4v) is 5.27. The van der Waals surface area contributed by atoms with Crippen LogP contribution in [0.1, 0.15) is 41.6 Å². The van der Waals surface area contributed by atoms with E-state index in [1.807, 2.05) is 6.92 Å². The zero-order valence-corrected chi connectivity index (χ0v) is 17.7. The highest BCUT2D eigenvalue weighted by molar-refractivity contribution is 8.00. The first-order chi connectivity index (χ1) is 14.3. The predicted molar refractivity (Wildman–Crippen MR) is 108 cm³/mol. The number of carbonyl (C=O) groups is 1. The summed E-state index contributed by atoms with van der Waals surface area (Å²) in [6, 6.07) is 4.86. The van der Waals surface area contributed by atoms with E-state index >= 15 is 0 Å². The summed E-state index contributed by atoms with van der Waals surface area (Å²) in [5, 5.41) is 4.36. The Labute approximate surface area is 177 Å². The predicted octanol–water partition coefficient (Wildman–Crippen LogP) is 3.35. The summed E-state index contributed by atoms with van der Waals surface area (Å²) < 4.78 is 40.5. The van der Waals surface area contributed by atoms with Gasteiger partial charge >= 0.3 is 6.18 Å². The maximum atomic E-state index is 13.2. The number of piperazine rings is 1. The lowest BCUT2D eigenvalue weighted by Gasteiger charge is -2.40. The van der Waals surface area contributed by atoms with E-state index in [0.717, 1.165) is 44.9 Å².